The third-order valence-corrected chi connectivity index (χ3v) is 4.25. The first-order valence-electron chi connectivity index (χ1n) is 8.61. The molecule has 26 heavy (non-hydrogen) atoms. The summed E-state index contributed by atoms with van der Waals surface area (Å²) in [5.74, 6) is 1.36. The van der Waals surface area contributed by atoms with Crippen LogP contribution in [0.2, 0.25) is 0 Å². The molecule has 2 nitrogen and oxygen atoms in total. The van der Waals surface area contributed by atoms with E-state index in [9.17, 15) is 13.2 Å². The molecule has 0 unspecified atom stereocenters. The first-order chi connectivity index (χ1) is 12.3. The SMILES string of the molecule is CC(C)CNC1=NC=C(c2ccc(C(F)(F)F)cc2)c2ccccc2C1. The zero-order valence-electron chi connectivity index (χ0n) is 14.8. The Labute approximate surface area is 151 Å². The monoisotopic (exact) mass is 358 g/mol. The molecule has 0 aliphatic carbocycles. The number of aliphatic imine (C=N–C) groups is 1. The molecular formula is C21H21F3N2. The molecule has 0 saturated heterocycles. The highest BCUT2D eigenvalue weighted by molar-refractivity contribution is 5.92. The summed E-state index contributed by atoms with van der Waals surface area (Å²) in [6.45, 7) is 5.08. The zero-order chi connectivity index (χ0) is 18.7. The van der Waals surface area contributed by atoms with Crippen LogP contribution in [0.4, 0.5) is 13.2 Å². The molecule has 5 heteroatoms. The average Bonchev–Trinajstić information content (AvgIpc) is 2.78. The molecule has 2 aromatic rings. The van der Waals surface area contributed by atoms with Crippen LogP contribution >= 0.6 is 0 Å². The third-order valence-electron chi connectivity index (χ3n) is 4.25. The second-order valence-electron chi connectivity index (χ2n) is 6.80. The maximum atomic E-state index is 12.8. The second-order valence-corrected chi connectivity index (χ2v) is 6.80. The molecule has 2 aromatic carbocycles. The Balaban J connectivity index is 1.98. The Kier molecular flexibility index (Phi) is 5.16. The van der Waals surface area contributed by atoms with Crippen molar-refractivity contribution in [2.45, 2.75) is 26.4 Å². The van der Waals surface area contributed by atoms with Gasteiger partial charge in [0.1, 0.15) is 5.84 Å². The number of nitrogens with zero attached hydrogens (tertiary/aromatic N) is 1. The standard InChI is InChI=1S/C21H21F3N2/c1-14(2)12-25-20-11-16-5-3-4-6-18(16)19(13-26-20)15-7-9-17(10-8-15)21(22,23)24/h3-10,13-14H,11-12H2,1-2H3,(H,25,26). The predicted octanol–water partition coefficient (Wildman–Crippen LogP) is 5.29. The molecule has 0 spiro atoms. The Morgan fingerprint density at radius 3 is 2.38 bits per heavy atom. The number of rotatable bonds is 3. The van der Waals surface area contributed by atoms with E-state index in [0.717, 1.165) is 46.8 Å². The lowest BCUT2D eigenvalue weighted by atomic mass is 9.93. The van der Waals surface area contributed by atoms with Crippen LogP contribution in [0.3, 0.4) is 0 Å². The molecule has 1 aliphatic rings. The summed E-state index contributed by atoms with van der Waals surface area (Å²) in [6.07, 6.45) is -1.92. The molecule has 0 bridgehead atoms. The van der Waals surface area contributed by atoms with Gasteiger partial charge in [0, 0.05) is 24.7 Å². The minimum Gasteiger partial charge on any atom is -0.373 e. The van der Waals surface area contributed by atoms with Gasteiger partial charge in [0.15, 0.2) is 0 Å². The van der Waals surface area contributed by atoms with Gasteiger partial charge in [-0.1, -0.05) is 50.2 Å². The van der Waals surface area contributed by atoms with Gasteiger partial charge in [0.2, 0.25) is 0 Å². The Bertz CT molecular complexity index is 831. The number of benzene rings is 2. The van der Waals surface area contributed by atoms with Gasteiger partial charge in [-0.2, -0.15) is 13.2 Å². The zero-order valence-corrected chi connectivity index (χ0v) is 14.8. The van der Waals surface area contributed by atoms with Gasteiger partial charge in [-0.05, 0) is 34.7 Å². The van der Waals surface area contributed by atoms with Crippen LogP contribution in [0.5, 0.6) is 0 Å². The van der Waals surface area contributed by atoms with Crippen molar-refractivity contribution in [3.63, 3.8) is 0 Å². The van der Waals surface area contributed by atoms with Gasteiger partial charge in [0.25, 0.3) is 0 Å². The van der Waals surface area contributed by atoms with Crippen molar-refractivity contribution in [2.24, 2.45) is 10.9 Å². The molecule has 0 atom stereocenters. The smallest absolute Gasteiger partial charge is 0.373 e. The molecule has 0 saturated carbocycles. The number of halogens is 3. The van der Waals surface area contributed by atoms with E-state index in [1.54, 1.807) is 6.20 Å². The Morgan fingerprint density at radius 2 is 1.73 bits per heavy atom. The van der Waals surface area contributed by atoms with Crippen molar-refractivity contribution >= 4 is 11.4 Å². The Hall–Kier alpha value is -2.56. The lowest BCUT2D eigenvalue weighted by Crippen LogP contribution is -2.28. The first-order valence-corrected chi connectivity index (χ1v) is 8.61. The molecule has 0 fully saturated rings. The second kappa shape index (κ2) is 7.36. The van der Waals surface area contributed by atoms with Crippen LogP contribution < -0.4 is 5.32 Å². The molecule has 136 valence electrons. The Morgan fingerprint density at radius 1 is 1.04 bits per heavy atom. The van der Waals surface area contributed by atoms with E-state index in [0.29, 0.717) is 12.3 Å². The average molecular weight is 358 g/mol. The van der Waals surface area contributed by atoms with Gasteiger partial charge in [-0.25, -0.2) is 4.99 Å². The summed E-state index contributed by atoms with van der Waals surface area (Å²) in [4.78, 5) is 4.56. The lowest BCUT2D eigenvalue weighted by molar-refractivity contribution is -0.137. The molecule has 1 aliphatic heterocycles. The van der Waals surface area contributed by atoms with E-state index in [-0.39, 0.29) is 0 Å². The van der Waals surface area contributed by atoms with E-state index in [2.05, 4.69) is 24.2 Å². The van der Waals surface area contributed by atoms with Gasteiger partial charge in [-0.3, -0.25) is 0 Å². The van der Waals surface area contributed by atoms with E-state index in [1.807, 2.05) is 24.3 Å². The summed E-state index contributed by atoms with van der Waals surface area (Å²) in [5, 5.41) is 3.36. The topological polar surface area (TPSA) is 24.4 Å². The molecule has 0 radical (unpaired) electrons. The van der Waals surface area contributed by atoms with Crippen molar-refractivity contribution in [3.05, 3.63) is 77.0 Å². The molecule has 0 amide bonds. The molecule has 1 N–H and O–H groups in total. The number of amidine groups is 1. The van der Waals surface area contributed by atoms with Crippen molar-refractivity contribution in [1.82, 2.24) is 5.32 Å². The fraction of sp³-hybridized carbons (Fsp3) is 0.286. The molecule has 1 heterocycles. The predicted molar refractivity (Wildman–Crippen MR) is 98.9 cm³/mol. The fourth-order valence-electron chi connectivity index (χ4n) is 2.87. The minimum atomic E-state index is -4.33. The summed E-state index contributed by atoms with van der Waals surface area (Å²) in [7, 11) is 0. The van der Waals surface area contributed by atoms with Crippen LogP contribution in [-0.4, -0.2) is 12.4 Å². The number of hydrogen-bond acceptors (Lipinski definition) is 2. The van der Waals surface area contributed by atoms with Crippen molar-refractivity contribution in [1.29, 1.82) is 0 Å². The maximum Gasteiger partial charge on any atom is 0.416 e. The van der Waals surface area contributed by atoms with Crippen molar-refractivity contribution < 1.29 is 13.2 Å². The van der Waals surface area contributed by atoms with Crippen LogP contribution in [0, 0.1) is 5.92 Å². The molecule has 3 rings (SSSR count). The summed E-state index contributed by atoms with van der Waals surface area (Å²) < 4.78 is 38.5. The summed E-state index contributed by atoms with van der Waals surface area (Å²) in [5.41, 5.74) is 3.00. The van der Waals surface area contributed by atoms with Crippen LogP contribution in [0.1, 0.15) is 36.1 Å². The molecule has 0 aromatic heterocycles. The quantitative estimate of drug-likeness (QED) is 0.792. The van der Waals surface area contributed by atoms with Crippen molar-refractivity contribution in [2.75, 3.05) is 6.54 Å². The first kappa shape index (κ1) is 18.2. The fourth-order valence-corrected chi connectivity index (χ4v) is 2.87. The maximum absolute atomic E-state index is 12.8. The highest BCUT2D eigenvalue weighted by atomic mass is 19.4. The van der Waals surface area contributed by atoms with Gasteiger partial charge >= 0.3 is 6.18 Å². The highest BCUT2D eigenvalue weighted by Crippen LogP contribution is 2.33. The van der Waals surface area contributed by atoms with E-state index in [1.165, 1.54) is 12.1 Å². The highest BCUT2D eigenvalue weighted by Gasteiger charge is 2.30. The van der Waals surface area contributed by atoms with Crippen LogP contribution in [-0.2, 0) is 12.6 Å². The third kappa shape index (κ3) is 4.15. The van der Waals surface area contributed by atoms with Gasteiger partial charge in [0.05, 0.1) is 5.56 Å². The number of fused-ring (bicyclic) bond motifs is 1. The normalized spacial score (nSPS) is 14.4. The minimum absolute atomic E-state index is 0.495. The van der Waals surface area contributed by atoms with Gasteiger partial charge in [-0.15, -0.1) is 0 Å². The van der Waals surface area contributed by atoms with Crippen LogP contribution in [0.25, 0.3) is 5.57 Å². The van der Waals surface area contributed by atoms with Gasteiger partial charge < -0.3 is 5.32 Å². The largest absolute Gasteiger partial charge is 0.416 e. The number of hydrogen-bond donors (Lipinski definition) is 1. The van der Waals surface area contributed by atoms with Crippen LogP contribution in [0.15, 0.2) is 59.7 Å². The number of nitrogens with one attached hydrogen (secondary N) is 1. The molecular weight excluding hydrogens is 337 g/mol. The summed E-state index contributed by atoms with van der Waals surface area (Å²) >= 11 is 0. The van der Waals surface area contributed by atoms with E-state index in [4.69, 9.17) is 0 Å². The lowest BCUT2D eigenvalue weighted by Gasteiger charge is -2.13. The van der Waals surface area contributed by atoms with E-state index < -0.39 is 11.7 Å². The summed E-state index contributed by atoms with van der Waals surface area (Å²) in [6, 6.07) is 13.2. The van der Waals surface area contributed by atoms with Crippen molar-refractivity contribution in [3.8, 4) is 0 Å². The van der Waals surface area contributed by atoms with E-state index >= 15 is 0 Å². The number of alkyl halides is 3.